The maximum atomic E-state index is 13.0. The lowest BCUT2D eigenvalue weighted by atomic mass is 10.1. The summed E-state index contributed by atoms with van der Waals surface area (Å²) in [6, 6.07) is 18.6. The van der Waals surface area contributed by atoms with Crippen molar-refractivity contribution in [3.05, 3.63) is 89.6 Å². The highest BCUT2D eigenvalue weighted by atomic mass is 19.4. The van der Waals surface area contributed by atoms with E-state index in [1.54, 1.807) is 36.5 Å². The summed E-state index contributed by atoms with van der Waals surface area (Å²) in [7, 11) is 1.50. The lowest BCUT2D eigenvalue weighted by Crippen LogP contribution is -2.07. The number of halogens is 3. The molecule has 0 amide bonds. The molecule has 174 valence electrons. The molecule has 0 aliphatic carbocycles. The lowest BCUT2D eigenvalue weighted by molar-refractivity contribution is -0.137. The van der Waals surface area contributed by atoms with Gasteiger partial charge < -0.3 is 24.9 Å². The van der Waals surface area contributed by atoms with Gasteiger partial charge in [-0.05, 0) is 55.6 Å². The van der Waals surface area contributed by atoms with E-state index >= 15 is 0 Å². The zero-order chi connectivity index (χ0) is 24.9. The molecule has 1 atom stereocenters. The second kappa shape index (κ2) is 10.2. The van der Waals surface area contributed by atoms with Crippen molar-refractivity contribution < 1.29 is 27.8 Å². The molecule has 0 fully saturated rings. The molecular formula is C25H20F3N3O3. The van der Waals surface area contributed by atoms with Crippen LogP contribution in [0.25, 0.3) is 16.6 Å². The smallest absolute Gasteiger partial charge is 0.417 e. The number of nitrogens with zero attached hydrogens (tertiary/aromatic N) is 2. The van der Waals surface area contributed by atoms with E-state index in [4.69, 9.17) is 10.00 Å². The number of ether oxygens (including phenoxy) is 1. The number of rotatable bonds is 5. The number of benzene rings is 3. The number of fused-ring (bicyclic) bond motifs is 1. The van der Waals surface area contributed by atoms with Gasteiger partial charge in [0.25, 0.3) is 0 Å². The summed E-state index contributed by atoms with van der Waals surface area (Å²) >= 11 is 0. The van der Waals surface area contributed by atoms with Crippen molar-refractivity contribution in [1.29, 1.82) is 5.26 Å². The Bertz CT molecular complexity index is 1340. The third-order valence-electron chi connectivity index (χ3n) is 4.96. The predicted molar refractivity (Wildman–Crippen MR) is 121 cm³/mol. The van der Waals surface area contributed by atoms with Crippen LogP contribution in [0.4, 0.5) is 13.2 Å². The van der Waals surface area contributed by atoms with E-state index in [1.807, 2.05) is 28.8 Å². The first kappa shape index (κ1) is 24.5. The Hall–Kier alpha value is -4.13. The van der Waals surface area contributed by atoms with Crippen LogP contribution in [0.5, 0.6) is 11.5 Å². The number of nitriles is 1. The van der Waals surface area contributed by atoms with Crippen molar-refractivity contribution in [3.8, 4) is 23.3 Å². The monoisotopic (exact) mass is 467 g/mol. The number of aliphatic hydroxyl groups excluding tert-OH is 1. The highest BCUT2D eigenvalue weighted by molar-refractivity contribution is 5.88. The van der Waals surface area contributed by atoms with Gasteiger partial charge in [0.15, 0.2) is 6.29 Å². The van der Waals surface area contributed by atoms with Crippen LogP contribution in [-0.2, 0) is 11.0 Å². The van der Waals surface area contributed by atoms with Gasteiger partial charge in [-0.15, -0.1) is 0 Å². The fraction of sp³-hybridized carbons (Fsp3) is 0.120. The van der Waals surface area contributed by atoms with Crippen LogP contribution in [0.2, 0.25) is 0 Å². The molecule has 0 radical (unpaired) electrons. The molecule has 1 aromatic heterocycles. The van der Waals surface area contributed by atoms with Crippen LogP contribution in [0.1, 0.15) is 22.8 Å². The van der Waals surface area contributed by atoms with Crippen molar-refractivity contribution in [2.75, 3.05) is 7.05 Å². The molecule has 34 heavy (non-hydrogen) atoms. The third kappa shape index (κ3) is 4.93. The maximum absolute atomic E-state index is 13.0. The molecule has 3 aromatic carbocycles. The van der Waals surface area contributed by atoms with Gasteiger partial charge in [-0.2, -0.15) is 18.4 Å². The largest absolute Gasteiger partial charge is 0.457 e. The van der Waals surface area contributed by atoms with Crippen molar-refractivity contribution in [1.82, 2.24) is 4.57 Å². The molecule has 0 saturated carbocycles. The summed E-state index contributed by atoms with van der Waals surface area (Å²) in [6.45, 7) is 0. The standard InChI is InChI=1S/C24H15F3N2O3.CH5N/c25-24(26,27)21-10-9-18(11-15(21)12-28)32-17-7-5-16(6-8-17)29-13-20(23(31)14-30)19-3-1-2-4-22(19)29;1-2/h1-11,13-14,23,31H;2H2,1H3. The summed E-state index contributed by atoms with van der Waals surface area (Å²) < 4.78 is 46.3. The number of aromatic nitrogens is 1. The number of carbonyl (C=O) groups excluding carboxylic acids is 1. The molecule has 1 unspecified atom stereocenters. The van der Waals surface area contributed by atoms with E-state index in [0.29, 0.717) is 17.6 Å². The Kier molecular flexibility index (Phi) is 7.36. The van der Waals surface area contributed by atoms with Crippen molar-refractivity contribution in [3.63, 3.8) is 0 Å². The van der Waals surface area contributed by atoms with Gasteiger partial charge in [0.1, 0.15) is 17.6 Å². The van der Waals surface area contributed by atoms with Gasteiger partial charge in [-0.1, -0.05) is 18.2 Å². The first-order valence-corrected chi connectivity index (χ1v) is 10.0. The van der Waals surface area contributed by atoms with E-state index in [-0.39, 0.29) is 5.75 Å². The zero-order valence-corrected chi connectivity index (χ0v) is 18.0. The Morgan fingerprint density at radius 3 is 2.32 bits per heavy atom. The molecular weight excluding hydrogens is 447 g/mol. The number of hydrogen-bond donors (Lipinski definition) is 2. The Balaban J connectivity index is 0.00000158. The topological polar surface area (TPSA) is 101 Å². The number of aliphatic hydroxyl groups is 1. The van der Waals surface area contributed by atoms with Gasteiger partial charge in [-0.3, -0.25) is 0 Å². The highest BCUT2D eigenvalue weighted by Gasteiger charge is 2.33. The fourth-order valence-corrected chi connectivity index (χ4v) is 3.47. The van der Waals surface area contributed by atoms with E-state index in [1.165, 1.54) is 7.05 Å². The summed E-state index contributed by atoms with van der Waals surface area (Å²) in [5.74, 6) is 0.465. The van der Waals surface area contributed by atoms with E-state index in [0.717, 1.165) is 34.8 Å². The van der Waals surface area contributed by atoms with E-state index < -0.39 is 23.4 Å². The highest BCUT2D eigenvalue weighted by Crippen LogP contribution is 2.35. The zero-order valence-electron chi connectivity index (χ0n) is 18.0. The molecule has 1 heterocycles. The molecule has 0 aliphatic heterocycles. The fourth-order valence-electron chi connectivity index (χ4n) is 3.47. The molecule has 4 aromatic rings. The second-order valence-electron chi connectivity index (χ2n) is 6.97. The normalized spacial score (nSPS) is 11.8. The molecule has 6 nitrogen and oxygen atoms in total. The summed E-state index contributed by atoms with van der Waals surface area (Å²) in [4.78, 5) is 11.1. The number of hydrogen-bond acceptors (Lipinski definition) is 5. The second-order valence-corrected chi connectivity index (χ2v) is 6.97. The van der Waals surface area contributed by atoms with Crippen LogP contribution in [0, 0.1) is 11.3 Å². The first-order chi connectivity index (χ1) is 16.3. The summed E-state index contributed by atoms with van der Waals surface area (Å²) in [6.07, 6.45) is -3.74. The molecule has 3 N–H and O–H groups in total. The van der Waals surface area contributed by atoms with Crippen molar-refractivity contribution in [2.24, 2.45) is 5.73 Å². The minimum atomic E-state index is -4.62. The van der Waals surface area contributed by atoms with E-state index in [9.17, 15) is 23.1 Å². The SMILES string of the molecule is CN.N#Cc1cc(Oc2ccc(-n3cc(C(O)C=O)c4ccccc43)cc2)ccc1C(F)(F)F. The van der Waals surface area contributed by atoms with Crippen molar-refractivity contribution in [2.45, 2.75) is 12.3 Å². The van der Waals surface area contributed by atoms with Gasteiger partial charge in [0.2, 0.25) is 0 Å². The molecule has 0 spiro atoms. The number of nitrogens with two attached hydrogens (primary N) is 1. The molecule has 9 heteroatoms. The third-order valence-corrected chi connectivity index (χ3v) is 4.96. The van der Waals surface area contributed by atoms with Gasteiger partial charge in [0, 0.05) is 22.8 Å². The lowest BCUT2D eigenvalue weighted by Gasteiger charge is -2.12. The van der Waals surface area contributed by atoms with E-state index in [2.05, 4.69) is 5.73 Å². The predicted octanol–water partition coefficient (Wildman–Crippen LogP) is 5.12. The minimum Gasteiger partial charge on any atom is -0.457 e. The minimum absolute atomic E-state index is 0.102. The van der Waals surface area contributed by atoms with Crippen LogP contribution in [-0.4, -0.2) is 23.0 Å². The summed E-state index contributed by atoms with van der Waals surface area (Å²) in [5, 5.41) is 19.8. The molecule has 4 rings (SSSR count). The van der Waals surface area contributed by atoms with Crippen LogP contribution in [0.3, 0.4) is 0 Å². The van der Waals surface area contributed by atoms with Gasteiger partial charge >= 0.3 is 6.18 Å². The Morgan fingerprint density at radius 1 is 1.06 bits per heavy atom. The average molecular weight is 467 g/mol. The first-order valence-electron chi connectivity index (χ1n) is 10.0. The Labute approximate surface area is 193 Å². The van der Waals surface area contributed by atoms with Gasteiger partial charge in [0.05, 0.1) is 22.7 Å². The number of aldehydes is 1. The van der Waals surface area contributed by atoms with Crippen molar-refractivity contribution >= 4 is 17.2 Å². The Morgan fingerprint density at radius 2 is 1.71 bits per heavy atom. The van der Waals surface area contributed by atoms with Crippen LogP contribution < -0.4 is 10.5 Å². The van der Waals surface area contributed by atoms with Crippen LogP contribution in [0.15, 0.2) is 72.9 Å². The van der Waals surface area contributed by atoms with Crippen LogP contribution >= 0.6 is 0 Å². The number of para-hydroxylation sites is 1. The quantitative estimate of drug-likeness (QED) is 0.397. The number of carbonyl (C=O) groups is 1. The molecule has 0 bridgehead atoms. The molecule has 0 aliphatic rings. The number of alkyl halides is 3. The average Bonchev–Trinajstić information content (AvgIpc) is 3.24. The maximum Gasteiger partial charge on any atom is 0.417 e. The van der Waals surface area contributed by atoms with Gasteiger partial charge in [-0.25, -0.2) is 0 Å². The molecule has 0 saturated heterocycles. The summed E-state index contributed by atoms with van der Waals surface area (Å²) in [5.41, 5.74) is 4.95.